The minimum Gasteiger partial charge on any atom is -0.324 e. The van der Waals surface area contributed by atoms with E-state index >= 15 is 0 Å². The van der Waals surface area contributed by atoms with Crippen molar-refractivity contribution in [2.75, 3.05) is 5.32 Å². The van der Waals surface area contributed by atoms with Gasteiger partial charge in [0, 0.05) is 12.1 Å². The molecule has 176 valence electrons. The molecule has 2 amide bonds. The summed E-state index contributed by atoms with van der Waals surface area (Å²) in [5.41, 5.74) is 0.241. The molecule has 7 heteroatoms. The van der Waals surface area contributed by atoms with Crippen molar-refractivity contribution in [3.8, 4) is 0 Å². The molecule has 1 fully saturated rings. The number of rotatable bonds is 6. The number of anilines is 1. The van der Waals surface area contributed by atoms with Crippen LogP contribution >= 0.6 is 0 Å². The molecule has 0 aliphatic carbocycles. The Labute approximate surface area is 196 Å². The van der Waals surface area contributed by atoms with Gasteiger partial charge in [-0.2, -0.15) is 13.2 Å². The van der Waals surface area contributed by atoms with Crippen molar-refractivity contribution in [1.82, 2.24) is 4.90 Å². The predicted octanol–water partition coefficient (Wildman–Crippen LogP) is 6.01. The fraction of sp³-hybridized carbons (Fsp3) is 0.259. The first-order valence-electron chi connectivity index (χ1n) is 11.1. The minimum absolute atomic E-state index is 0.130. The first-order chi connectivity index (χ1) is 16.2. The van der Waals surface area contributed by atoms with E-state index in [-0.39, 0.29) is 24.1 Å². The van der Waals surface area contributed by atoms with Gasteiger partial charge in [-0.25, -0.2) is 0 Å². The number of benzene rings is 3. The van der Waals surface area contributed by atoms with E-state index < -0.39 is 23.2 Å². The standard InChI is InChI=1S/C27H25F3N2O2/c1-26(25(34)31-22-14-12-21(13-15-22)27(28,29)30)17-16-24(33)32(26)23(20-10-6-3-7-11-20)18-19-8-4-2-5-9-19/h2-15,23H,16-18H2,1H3,(H,31,34)/t23-,26-/m1/s1. The van der Waals surface area contributed by atoms with Crippen LogP contribution in [0.5, 0.6) is 0 Å². The summed E-state index contributed by atoms with van der Waals surface area (Å²) in [6.07, 6.45) is -3.39. The number of nitrogens with one attached hydrogen (secondary N) is 1. The third-order valence-electron chi connectivity index (χ3n) is 6.35. The van der Waals surface area contributed by atoms with Crippen LogP contribution in [0.3, 0.4) is 0 Å². The number of amides is 2. The maximum absolute atomic E-state index is 13.4. The number of nitrogens with zero attached hydrogens (tertiary/aromatic N) is 1. The molecule has 1 aliphatic rings. The van der Waals surface area contributed by atoms with Crippen molar-refractivity contribution in [3.05, 3.63) is 102 Å². The van der Waals surface area contributed by atoms with E-state index in [4.69, 9.17) is 0 Å². The third-order valence-corrected chi connectivity index (χ3v) is 6.35. The van der Waals surface area contributed by atoms with E-state index in [1.54, 1.807) is 11.8 Å². The molecular formula is C27H25F3N2O2. The summed E-state index contributed by atoms with van der Waals surface area (Å²) in [5.74, 6) is -0.554. The molecule has 3 aromatic rings. The Balaban J connectivity index is 1.64. The van der Waals surface area contributed by atoms with Gasteiger partial charge in [-0.15, -0.1) is 0 Å². The van der Waals surface area contributed by atoms with Gasteiger partial charge in [0.1, 0.15) is 5.54 Å². The molecular weight excluding hydrogens is 441 g/mol. The summed E-state index contributed by atoms with van der Waals surface area (Å²) in [7, 11) is 0. The molecule has 1 aliphatic heterocycles. The highest BCUT2D eigenvalue weighted by atomic mass is 19.4. The average Bonchev–Trinajstić information content (AvgIpc) is 3.14. The van der Waals surface area contributed by atoms with Crippen LogP contribution in [0.4, 0.5) is 18.9 Å². The fourth-order valence-electron chi connectivity index (χ4n) is 4.49. The van der Waals surface area contributed by atoms with E-state index in [9.17, 15) is 22.8 Å². The first kappa shape index (κ1) is 23.5. The quantitative estimate of drug-likeness (QED) is 0.484. The number of carbonyl (C=O) groups excluding carboxylic acids is 2. The second-order valence-corrected chi connectivity index (χ2v) is 8.68. The Morgan fingerprint density at radius 3 is 2.15 bits per heavy atom. The van der Waals surface area contributed by atoms with Crippen LogP contribution in [-0.4, -0.2) is 22.3 Å². The Bertz CT molecular complexity index is 1150. The second-order valence-electron chi connectivity index (χ2n) is 8.68. The topological polar surface area (TPSA) is 49.4 Å². The summed E-state index contributed by atoms with van der Waals surface area (Å²) in [6, 6.07) is 23.2. The van der Waals surface area contributed by atoms with E-state index in [0.717, 1.165) is 23.3 Å². The van der Waals surface area contributed by atoms with Gasteiger partial charge in [0.05, 0.1) is 11.6 Å². The number of likely N-dealkylation sites (tertiary alicyclic amines) is 1. The van der Waals surface area contributed by atoms with Crippen molar-refractivity contribution in [3.63, 3.8) is 0 Å². The lowest BCUT2D eigenvalue weighted by Gasteiger charge is -2.40. The maximum Gasteiger partial charge on any atom is 0.416 e. The molecule has 4 rings (SSSR count). The average molecular weight is 467 g/mol. The molecule has 0 spiro atoms. The van der Waals surface area contributed by atoms with Crippen LogP contribution in [0, 0.1) is 0 Å². The molecule has 1 heterocycles. The van der Waals surface area contributed by atoms with Crippen molar-refractivity contribution in [1.29, 1.82) is 0 Å². The number of hydrogen-bond donors (Lipinski definition) is 1. The van der Waals surface area contributed by atoms with Crippen LogP contribution in [0.25, 0.3) is 0 Å². The number of carbonyl (C=O) groups is 2. The molecule has 2 atom stereocenters. The highest BCUT2D eigenvalue weighted by molar-refractivity contribution is 6.02. The number of hydrogen-bond acceptors (Lipinski definition) is 2. The predicted molar refractivity (Wildman–Crippen MR) is 124 cm³/mol. The largest absolute Gasteiger partial charge is 0.416 e. The van der Waals surface area contributed by atoms with Gasteiger partial charge in [-0.1, -0.05) is 60.7 Å². The second kappa shape index (κ2) is 9.33. The Kier molecular flexibility index (Phi) is 6.46. The van der Waals surface area contributed by atoms with Crippen LogP contribution in [0.1, 0.15) is 42.5 Å². The molecule has 0 aromatic heterocycles. The van der Waals surface area contributed by atoms with E-state index in [1.807, 2.05) is 60.7 Å². The first-order valence-corrected chi connectivity index (χ1v) is 11.1. The summed E-state index contributed by atoms with van der Waals surface area (Å²) in [5, 5.41) is 2.72. The van der Waals surface area contributed by atoms with Crippen molar-refractivity contribution in [2.24, 2.45) is 0 Å². The van der Waals surface area contributed by atoms with Crippen molar-refractivity contribution >= 4 is 17.5 Å². The lowest BCUT2D eigenvalue weighted by molar-refractivity contribution is -0.141. The minimum atomic E-state index is -4.45. The zero-order valence-corrected chi connectivity index (χ0v) is 18.7. The van der Waals surface area contributed by atoms with Gasteiger partial charge in [0.25, 0.3) is 0 Å². The van der Waals surface area contributed by atoms with E-state index in [1.165, 1.54) is 12.1 Å². The maximum atomic E-state index is 13.4. The van der Waals surface area contributed by atoms with Gasteiger partial charge in [0.15, 0.2) is 0 Å². The lowest BCUT2D eigenvalue weighted by atomic mass is 9.91. The summed E-state index contributed by atoms with van der Waals surface area (Å²) >= 11 is 0. The molecule has 1 saturated heterocycles. The molecule has 0 bridgehead atoms. The van der Waals surface area contributed by atoms with E-state index in [0.29, 0.717) is 12.8 Å². The van der Waals surface area contributed by atoms with Crippen molar-refractivity contribution in [2.45, 2.75) is 43.9 Å². The Morgan fingerprint density at radius 2 is 1.56 bits per heavy atom. The Morgan fingerprint density at radius 1 is 0.971 bits per heavy atom. The van der Waals surface area contributed by atoms with Gasteiger partial charge in [-0.05, 0) is 55.2 Å². The lowest BCUT2D eigenvalue weighted by Crippen LogP contribution is -2.53. The highest BCUT2D eigenvalue weighted by Gasteiger charge is 2.50. The number of halogens is 3. The van der Waals surface area contributed by atoms with Crippen LogP contribution in [0.15, 0.2) is 84.9 Å². The summed E-state index contributed by atoms with van der Waals surface area (Å²) in [6.45, 7) is 1.72. The smallest absolute Gasteiger partial charge is 0.324 e. The van der Waals surface area contributed by atoms with Crippen molar-refractivity contribution < 1.29 is 22.8 Å². The molecule has 3 aromatic carbocycles. The molecule has 4 nitrogen and oxygen atoms in total. The fourth-order valence-corrected chi connectivity index (χ4v) is 4.49. The van der Waals surface area contributed by atoms with Gasteiger partial charge in [0.2, 0.25) is 11.8 Å². The third kappa shape index (κ3) is 4.83. The summed E-state index contributed by atoms with van der Waals surface area (Å²) in [4.78, 5) is 28.2. The molecule has 0 radical (unpaired) electrons. The molecule has 0 unspecified atom stereocenters. The molecule has 0 saturated carbocycles. The highest BCUT2D eigenvalue weighted by Crippen LogP contribution is 2.40. The molecule has 1 N–H and O–H groups in total. The van der Waals surface area contributed by atoms with Crippen LogP contribution in [-0.2, 0) is 22.2 Å². The Hall–Kier alpha value is -3.61. The SMILES string of the molecule is C[C@]1(C(=O)Nc2ccc(C(F)(F)F)cc2)CCC(=O)N1[C@H](Cc1ccccc1)c1ccccc1. The van der Waals surface area contributed by atoms with Gasteiger partial charge in [-0.3, -0.25) is 9.59 Å². The molecule has 34 heavy (non-hydrogen) atoms. The number of alkyl halides is 3. The monoisotopic (exact) mass is 466 g/mol. The van der Waals surface area contributed by atoms with Crippen LogP contribution in [0.2, 0.25) is 0 Å². The zero-order valence-electron chi connectivity index (χ0n) is 18.7. The normalized spacial score (nSPS) is 19.2. The summed E-state index contributed by atoms with van der Waals surface area (Å²) < 4.78 is 38.6. The van der Waals surface area contributed by atoms with Gasteiger partial charge >= 0.3 is 6.18 Å². The van der Waals surface area contributed by atoms with Crippen LogP contribution < -0.4 is 5.32 Å². The van der Waals surface area contributed by atoms with E-state index in [2.05, 4.69) is 5.32 Å². The van der Waals surface area contributed by atoms with Gasteiger partial charge < -0.3 is 10.2 Å². The zero-order chi connectivity index (χ0) is 24.3.